The highest BCUT2D eigenvalue weighted by Gasteiger charge is 2.30. The van der Waals surface area contributed by atoms with Gasteiger partial charge in [-0.15, -0.1) is 0 Å². The molecule has 1 heterocycles. The van der Waals surface area contributed by atoms with Crippen LogP contribution in [0, 0.1) is 5.92 Å². The second kappa shape index (κ2) is 6.72. The lowest BCUT2D eigenvalue weighted by Gasteiger charge is -2.39. The summed E-state index contributed by atoms with van der Waals surface area (Å²) in [5.74, 6) is 0.629. The van der Waals surface area contributed by atoms with Crippen molar-refractivity contribution >= 4 is 17.6 Å². The highest BCUT2D eigenvalue weighted by molar-refractivity contribution is 5.85. The van der Waals surface area contributed by atoms with Crippen molar-refractivity contribution in [3.63, 3.8) is 0 Å². The zero-order chi connectivity index (χ0) is 14.5. The summed E-state index contributed by atoms with van der Waals surface area (Å²) in [5, 5.41) is 2.60. The van der Waals surface area contributed by atoms with Crippen molar-refractivity contribution in [1.82, 2.24) is 10.2 Å². The summed E-state index contributed by atoms with van der Waals surface area (Å²) in [7, 11) is 0. The first-order valence-corrected chi connectivity index (χ1v) is 7.41. The largest absolute Gasteiger partial charge is 0.368 e. The molecular formula is C14H24N4O2. The molecule has 3 N–H and O–H groups in total. The Labute approximate surface area is 119 Å². The number of carbonyl (C=O) groups excluding carboxylic acids is 2. The third kappa shape index (κ3) is 3.71. The van der Waals surface area contributed by atoms with E-state index in [-0.39, 0.29) is 18.4 Å². The maximum Gasteiger partial charge on any atom is 0.236 e. The molecule has 0 saturated heterocycles. The number of amides is 2. The van der Waals surface area contributed by atoms with Crippen LogP contribution in [0.3, 0.4) is 0 Å². The molecule has 0 unspecified atom stereocenters. The summed E-state index contributed by atoms with van der Waals surface area (Å²) < 4.78 is 0. The first kappa shape index (κ1) is 14.8. The van der Waals surface area contributed by atoms with Crippen LogP contribution in [0.5, 0.6) is 0 Å². The molecule has 0 aromatic carbocycles. The Morgan fingerprint density at radius 3 is 2.65 bits per heavy atom. The SMILES string of the molecule is CC1=NCCCN1C1CCC(C(=O)NCC(N)=O)CC1. The molecule has 6 heteroatoms. The molecule has 1 saturated carbocycles. The van der Waals surface area contributed by atoms with Crippen molar-refractivity contribution in [2.24, 2.45) is 16.6 Å². The van der Waals surface area contributed by atoms with Crippen molar-refractivity contribution < 1.29 is 9.59 Å². The van der Waals surface area contributed by atoms with E-state index in [1.54, 1.807) is 0 Å². The Hall–Kier alpha value is -1.59. The van der Waals surface area contributed by atoms with E-state index in [0.29, 0.717) is 6.04 Å². The highest BCUT2D eigenvalue weighted by Crippen LogP contribution is 2.28. The van der Waals surface area contributed by atoms with Crippen LogP contribution in [0.4, 0.5) is 0 Å². The zero-order valence-corrected chi connectivity index (χ0v) is 12.1. The van der Waals surface area contributed by atoms with E-state index in [9.17, 15) is 9.59 Å². The van der Waals surface area contributed by atoms with E-state index >= 15 is 0 Å². The zero-order valence-electron chi connectivity index (χ0n) is 12.1. The van der Waals surface area contributed by atoms with E-state index in [2.05, 4.69) is 22.1 Å². The molecule has 0 aromatic heterocycles. The summed E-state index contributed by atoms with van der Waals surface area (Å²) in [6, 6.07) is 0.513. The van der Waals surface area contributed by atoms with Gasteiger partial charge in [-0.25, -0.2) is 0 Å². The maximum absolute atomic E-state index is 11.9. The fraction of sp³-hybridized carbons (Fsp3) is 0.786. The third-order valence-corrected chi connectivity index (χ3v) is 4.26. The molecule has 1 aliphatic carbocycles. The maximum atomic E-state index is 11.9. The highest BCUT2D eigenvalue weighted by atomic mass is 16.2. The number of hydrogen-bond donors (Lipinski definition) is 2. The van der Waals surface area contributed by atoms with Gasteiger partial charge in [0.05, 0.1) is 12.4 Å². The number of hydrogen-bond acceptors (Lipinski definition) is 4. The van der Waals surface area contributed by atoms with Gasteiger partial charge in [0.1, 0.15) is 0 Å². The Kier molecular flexibility index (Phi) is 4.98. The van der Waals surface area contributed by atoms with Gasteiger partial charge in [-0.05, 0) is 39.0 Å². The van der Waals surface area contributed by atoms with Gasteiger partial charge in [0.15, 0.2) is 0 Å². The molecule has 20 heavy (non-hydrogen) atoms. The number of nitrogens with zero attached hydrogens (tertiary/aromatic N) is 2. The van der Waals surface area contributed by atoms with Gasteiger partial charge in [-0.3, -0.25) is 14.6 Å². The van der Waals surface area contributed by atoms with Crippen LogP contribution in [-0.2, 0) is 9.59 Å². The van der Waals surface area contributed by atoms with Crippen molar-refractivity contribution in [2.45, 2.75) is 45.1 Å². The Balaban J connectivity index is 1.80. The summed E-state index contributed by atoms with van der Waals surface area (Å²) in [5.41, 5.74) is 5.03. The predicted octanol–water partition coefficient (Wildman–Crippen LogP) is 0.271. The van der Waals surface area contributed by atoms with Crippen LogP contribution in [-0.4, -0.2) is 48.2 Å². The quantitative estimate of drug-likeness (QED) is 0.775. The number of primary amides is 1. The molecule has 0 atom stereocenters. The van der Waals surface area contributed by atoms with Crippen LogP contribution in [0.25, 0.3) is 0 Å². The number of rotatable bonds is 4. The molecule has 6 nitrogen and oxygen atoms in total. The van der Waals surface area contributed by atoms with Gasteiger partial charge in [-0.2, -0.15) is 0 Å². The van der Waals surface area contributed by atoms with E-state index in [0.717, 1.165) is 51.0 Å². The molecule has 0 radical (unpaired) electrons. The second-order valence-electron chi connectivity index (χ2n) is 5.67. The molecule has 0 aromatic rings. The van der Waals surface area contributed by atoms with E-state index in [4.69, 9.17) is 5.73 Å². The van der Waals surface area contributed by atoms with Crippen molar-refractivity contribution in [3.05, 3.63) is 0 Å². The van der Waals surface area contributed by atoms with Gasteiger partial charge in [0.25, 0.3) is 0 Å². The lowest BCUT2D eigenvalue weighted by atomic mass is 9.84. The minimum absolute atomic E-state index is 0.0210. The number of aliphatic imine (C=N–C) groups is 1. The third-order valence-electron chi connectivity index (χ3n) is 4.26. The smallest absolute Gasteiger partial charge is 0.236 e. The first-order valence-electron chi connectivity index (χ1n) is 7.41. The molecular weight excluding hydrogens is 256 g/mol. The van der Waals surface area contributed by atoms with E-state index in [1.807, 2.05) is 0 Å². The van der Waals surface area contributed by atoms with Gasteiger partial charge < -0.3 is 16.0 Å². The van der Waals surface area contributed by atoms with Crippen molar-refractivity contribution in [3.8, 4) is 0 Å². The Morgan fingerprint density at radius 2 is 2.05 bits per heavy atom. The van der Waals surface area contributed by atoms with Gasteiger partial charge in [-0.1, -0.05) is 0 Å². The van der Waals surface area contributed by atoms with E-state index < -0.39 is 5.91 Å². The molecule has 2 rings (SSSR count). The number of carbonyl (C=O) groups is 2. The normalized spacial score (nSPS) is 26.9. The summed E-state index contributed by atoms with van der Waals surface area (Å²) in [6.07, 6.45) is 4.90. The van der Waals surface area contributed by atoms with Gasteiger partial charge in [0.2, 0.25) is 11.8 Å². The average molecular weight is 280 g/mol. The van der Waals surface area contributed by atoms with Gasteiger partial charge >= 0.3 is 0 Å². The minimum Gasteiger partial charge on any atom is -0.368 e. The fourth-order valence-electron chi connectivity index (χ4n) is 3.15. The molecule has 1 fully saturated rings. The predicted molar refractivity (Wildman–Crippen MR) is 77.2 cm³/mol. The molecule has 2 aliphatic rings. The minimum atomic E-state index is -0.493. The Morgan fingerprint density at radius 1 is 1.35 bits per heavy atom. The van der Waals surface area contributed by atoms with Crippen LogP contribution < -0.4 is 11.1 Å². The first-order chi connectivity index (χ1) is 9.58. The van der Waals surface area contributed by atoms with Crippen LogP contribution in [0.1, 0.15) is 39.0 Å². The molecule has 0 spiro atoms. The molecule has 2 amide bonds. The van der Waals surface area contributed by atoms with Crippen LogP contribution in [0.2, 0.25) is 0 Å². The summed E-state index contributed by atoms with van der Waals surface area (Å²) in [6.45, 7) is 4.03. The lowest BCUT2D eigenvalue weighted by molar-refractivity contribution is -0.128. The molecule has 1 aliphatic heterocycles. The number of amidine groups is 1. The number of nitrogens with two attached hydrogens (primary N) is 1. The topological polar surface area (TPSA) is 87.8 Å². The fourth-order valence-corrected chi connectivity index (χ4v) is 3.15. The van der Waals surface area contributed by atoms with Crippen molar-refractivity contribution in [1.29, 1.82) is 0 Å². The standard InChI is InChI=1S/C14H24N4O2/c1-10-16-7-2-8-18(10)12-5-3-11(4-6-12)14(20)17-9-13(15)19/h11-12H,2-9H2,1H3,(H2,15,19)(H,17,20). The average Bonchev–Trinajstić information content (AvgIpc) is 2.45. The Bertz CT molecular complexity index is 400. The lowest BCUT2D eigenvalue weighted by Crippen LogP contribution is -2.46. The van der Waals surface area contributed by atoms with Gasteiger partial charge in [0, 0.05) is 25.0 Å². The van der Waals surface area contributed by atoms with Crippen molar-refractivity contribution in [2.75, 3.05) is 19.6 Å². The monoisotopic (exact) mass is 280 g/mol. The summed E-state index contributed by atoms with van der Waals surface area (Å²) in [4.78, 5) is 29.5. The second-order valence-corrected chi connectivity index (χ2v) is 5.67. The van der Waals surface area contributed by atoms with E-state index in [1.165, 1.54) is 0 Å². The molecule has 0 bridgehead atoms. The summed E-state index contributed by atoms with van der Waals surface area (Å²) >= 11 is 0. The molecule has 112 valence electrons. The number of nitrogens with one attached hydrogen (secondary N) is 1. The van der Waals surface area contributed by atoms with Crippen LogP contribution in [0.15, 0.2) is 4.99 Å². The van der Waals surface area contributed by atoms with Crippen LogP contribution >= 0.6 is 0 Å².